The Bertz CT molecular complexity index is 563. The van der Waals surface area contributed by atoms with E-state index in [1.54, 1.807) is 6.07 Å². The smallest absolute Gasteiger partial charge is 0.238 e. The van der Waals surface area contributed by atoms with Crippen LogP contribution in [0.3, 0.4) is 0 Å². The Morgan fingerprint density at radius 3 is 2.75 bits per heavy atom. The molecule has 0 amide bonds. The first-order valence-electron chi connectivity index (χ1n) is 6.35. The molecule has 0 saturated carbocycles. The largest absolute Gasteiger partial charge is 0.436 e. The van der Waals surface area contributed by atoms with E-state index in [0.717, 1.165) is 18.7 Å². The molecule has 0 spiro atoms. The van der Waals surface area contributed by atoms with Crippen LogP contribution in [0.5, 0.6) is 11.6 Å². The molecule has 0 radical (unpaired) electrons. The third-order valence-corrected chi connectivity index (χ3v) is 2.83. The normalized spacial score (nSPS) is 10.6. The third kappa shape index (κ3) is 4.15. The van der Waals surface area contributed by atoms with E-state index in [-0.39, 0.29) is 5.02 Å². The van der Waals surface area contributed by atoms with Crippen molar-refractivity contribution in [1.82, 2.24) is 15.5 Å². The summed E-state index contributed by atoms with van der Waals surface area (Å²) >= 11 is 5.87. The van der Waals surface area contributed by atoms with Crippen LogP contribution in [-0.2, 0) is 6.54 Å². The van der Waals surface area contributed by atoms with Gasteiger partial charge in [0.1, 0.15) is 11.6 Å². The minimum absolute atomic E-state index is 0.195. The van der Waals surface area contributed by atoms with E-state index in [0.29, 0.717) is 18.2 Å². The van der Waals surface area contributed by atoms with E-state index in [9.17, 15) is 4.39 Å². The van der Waals surface area contributed by atoms with Gasteiger partial charge in [0.05, 0.1) is 10.7 Å². The number of halogens is 2. The van der Waals surface area contributed by atoms with E-state index < -0.39 is 5.82 Å². The number of hydrogen-bond acceptors (Lipinski definition) is 4. The van der Waals surface area contributed by atoms with Gasteiger partial charge in [0.15, 0.2) is 0 Å². The molecule has 1 aromatic carbocycles. The van der Waals surface area contributed by atoms with Gasteiger partial charge < -0.3 is 10.1 Å². The molecule has 20 heavy (non-hydrogen) atoms. The summed E-state index contributed by atoms with van der Waals surface area (Å²) in [7, 11) is 0. The van der Waals surface area contributed by atoms with Crippen LogP contribution in [0.2, 0.25) is 5.02 Å². The van der Waals surface area contributed by atoms with Crippen LogP contribution in [0.25, 0.3) is 0 Å². The molecule has 1 aromatic heterocycles. The first-order valence-corrected chi connectivity index (χ1v) is 6.73. The second-order valence-electron chi connectivity index (χ2n) is 4.22. The second-order valence-corrected chi connectivity index (χ2v) is 4.62. The molecular formula is C14H15ClFN3O. The first kappa shape index (κ1) is 14.7. The van der Waals surface area contributed by atoms with Crippen molar-refractivity contribution in [2.24, 2.45) is 0 Å². The van der Waals surface area contributed by atoms with Crippen LogP contribution in [0, 0.1) is 5.82 Å². The van der Waals surface area contributed by atoms with Crippen LogP contribution in [0.4, 0.5) is 4.39 Å². The minimum Gasteiger partial charge on any atom is -0.436 e. The summed E-state index contributed by atoms with van der Waals surface area (Å²) in [6.07, 6.45) is 1.07. The molecular weight excluding hydrogens is 281 g/mol. The zero-order chi connectivity index (χ0) is 14.4. The van der Waals surface area contributed by atoms with Gasteiger partial charge >= 0.3 is 0 Å². The monoisotopic (exact) mass is 295 g/mol. The topological polar surface area (TPSA) is 47.0 Å². The molecule has 0 aliphatic heterocycles. The van der Waals surface area contributed by atoms with Crippen molar-refractivity contribution in [2.45, 2.75) is 19.9 Å². The molecule has 4 nitrogen and oxygen atoms in total. The van der Waals surface area contributed by atoms with Gasteiger partial charge in [-0.05, 0) is 37.2 Å². The number of nitrogens with one attached hydrogen (secondary N) is 1. The molecule has 0 aliphatic carbocycles. The first-order chi connectivity index (χ1) is 9.69. The SMILES string of the molecule is CCCNCc1ccc(Oc2ccc(F)cc2Cl)nn1. The lowest BCUT2D eigenvalue weighted by atomic mass is 10.3. The van der Waals surface area contributed by atoms with Crippen molar-refractivity contribution >= 4 is 11.6 Å². The summed E-state index contributed by atoms with van der Waals surface area (Å²) in [6, 6.07) is 7.44. The quantitative estimate of drug-likeness (QED) is 0.828. The van der Waals surface area contributed by atoms with Gasteiger partial charge in [0, 0.05) is 12.6 Å². The fourth-order valence-electron chi connectivity index (χ4n) is 1.56. The summed E-state index contributed by atoms with van der Waals surface area (Å²) in [4.78, 5) is 0. The maximum atomic E-state index is 12.9. The summed E-state index contributed by atoms with van der Waals surface area (Å²) < 4.78 is 18.4. The Hall–Kier alpha value is -1.72. The predicted octanol–water partition coefficient (Wildman–Crippen LogP) is 3.56. The summed E-state index contributed by atoms with van der Waals surface area (Å²) in [5, 5.41) is 11.4. The third-order valence-electron chi connectivity index (χ3n) is 2.54. The molecule has 0 saturated heterocycles. The molecule has 106 valence electrons. The Balaban J connectivity index is 1.99. The van der Waals surface area contributed by atoms with Crippen molar-refractivity contribution in [3.05, 3.63) is 46.9 Å². The highest BCUT2D eigenvalue weighted by Crippen LogP contribution is 2.28. The summed E-state index contributed by atoms with van der Waals surface area (Å²) in [5.74, 6) is 0.253. The summed E-state index contributed by atoms with van der Waals surface area (Å²) in [5.41, 5.74) is 0.830. The Morgan fingerprint density at radius 2 is 2.10 bits per heavy atom. The van der Waals surface area contributed by atoms with Gasteiger partial charge in [-0.2, -0.15) is 5.10 Å². The highest BCUT2D eigenvalue weighted by Gasteiger charge is 2.06. The van der Waals surface area contributed by atoms with Gasteiger partial charge in [-0.1, -0.05) is 18.5 Å². The number of aromatic nitrogens is 2. The van der Waals surface area contributed by atoms with Crippen LogP contribution < -0.4 is 10.1 Å². The standard InChI is InChI=1S/C14H15ClFN3O/c1-2-7-17-9-11-4-6-14(19-18-11)20-13-5-3-10(16)8-12(13)15/h3-6,8,17H,2,7,9H2,1H3. The van der Waals surface area contributed by atoms with Gasteiger partial charge in [-0.3, -0.25) is 0 Å². The zero-order valence-corrected chi connectivity index (χ0v) is 11.8. The van der Waals surface area contributed by atoms with Crippen LogP contribution in [-0.4, -0.2) is 16.7 Å². The van der Waals surface area contributed by atoms with E-state index in [1.165, 1.54) is 18.2 Å². The Labute approximate surface area is 121 Å². The number of rotatable bonds is 6. The predicted molar refractivity (Wildman–Crippen MR) is 75.5 cm³/mol. The molecule has 0 fully saturated rings. The molecule has 1 N–H and O–H groups in total. The zero-order valence-electron chi connectivity index (χ0n) is 11.1. The van der Waals surface area contributed by atoms with Gasteiger partial charge in [0.25, 0.3) is 0 Å². The molecule has 0 atom stereocenters. The van der Waals surface area contributed by atoms with Crippen molar-refractivity contribution in [2.75, 3.05) is 6.54 Å². The number of ether oxygens (including phenoxy) is 1. The lowest BCUT2D eigenvalue weighted by molar-refractivity contribution is 0.452. The molecule has 0 bridgehead atoms. The second kappa shape index (κ2) is 7.17. The summed E-state index contributed by atoms with van der Waals surface area (Å²) in [6.45, 7) is 3.70. The highest BCUT2D eigenvalue weighted by atomic mass is 35.5. The lowest BCUT2D eigenvalue weighted by Crippen LogP contribution is -2.15. The highest BCUT2D eigenvalue weighted by molar-refractivity contribution is 6.32. The Morgan fingerprint density at radius 1 is 1.25 bits per heavy atom. The number of benzene rings is 1. The van der Waals surface area contributed by atoms with E-state index in [4.69, 9.17) is 16.3 Å². The van der Waals surface area contributed by atoms with Crippen LogP contribution in [0.1, 0.15) is 19.0 Å². The van der Waals surface area contributed by atoms with Gasteiger partial charge in [0.2, 0.25) is 5.88 Å². The van der Waals surface area contributed by atoms with Gasteiger partial charge in [-0.15, -0.1) is 5.10 Å². The van der Waals surface area contributed by atoms with E-state index >= 15 is 0 Å². The molecule has 6 heteroatoms. The Kier molecular flexibility index (Phi) is 5.26. The van der Waals surface area contributed by atoms with E-state index in [1.807, 2.05) is 6.07 Å². The van der Waals surface area contributed by atoms with Crippen molar-refractivity contribution in [3.63, 3.8) is 0 Å². The fraction of sp³-hybridized carbons (Fsp3) is 0.286. The molecule has 0 aliphatic rings. The van der Waals surface area contributed by atoms with Crippen molar-refractivity contribution in [3.8, 4) is 11.6 Å². The maximum absolute atomic E-state index is 12.9. The molecule has 2 aromatic rings. The average molecular weight is 296 g/mol. The van der Waals surface area contributed by atoms with E-state index in [2.05, 4.69) is 22.4 Å². The van der Waals surface area contributed by atoms with Gasteiger partial charge in [-0.25, -0.2) is 4.39 Å². The average Bonchev–Trinajstić information content (AvgIpc) is 2.44. The van der Waals surface area contributed by atoms with Crippen LogP contribution >= 0.6 is 11.6 Å². The molecule has 2 rings (SSSR count). The number of nitrogens with zero attached hydrogens (tertiary/aromatic N) is 2. The molecule has 1 heterocycles. The van der Waals surface area contributed by atoms with Crippen molar-refractivity contribution in [1.29, 1.82) is 0 Å². The minimum atomic E-state index is -0.411. The fourth-order valence-corrected chi connectivity index (χ4v) is 1.77. The number of hydrogen-bond donors (Lipinski definition) is 1. The lowest BCUT2D eigenvalue weighted by Gasteiger charge is -2.07. The van der Waals surface area contributed by atoms with Crippen molar-refractivity contribution < 1.29 is 9.13 Å². The van der Waals surface area contributed by atoms with Crippen LogP contribution in [0.15, 0.2) is 30.3 Å². The maximum Gasteiger partial charge on any atom is 0.238 e. The molecule has 0 unspecified atom stereocenters.